The van der Waals surface area contributed by atoms with Gasteiger partial charge in [-0.3, -0.25) is 0 Å². The van der Waals surface area contributed by atoms with Gasteiger partial charge in [-0.25, -0.2) is 0 Å². The summed E-state index contributed by atoms with van der Waals surface area (Å²) in [5, 5.41) is 0. The standard InChI is InChI=1S/C10H27Cl2NSi3/c1-8-10(9-14(11)12)13(15(2,3)4)16(5,6)7/h10,14H,8-9H2,1-7H3. The molecule has 0 aromatic carbocycles. The molecule has 0 saturated carbocycles. The van der Waals surface area contributed by atoms with Crippen LogP contribution in [-0.4, -0.2) is 34.2 Å². The Balaban J connectivity index is 5.01. The van der Waals surface area contributed by atoms with E-state index >= 15 is 0 Å². The molecule has 1 unspecified atom stereocenters. The molecule has 0 fully saturated rings. The van der Waals surface area contributed by atoms with E-state index in [0.717, 1.165) is 6.04 Å². The minimum absolute atomic E-state index is 0.616. The first-order valence-electron chi connectivity index (χ1n) is 6.07. The van der Waals surface area contributed by atoms with Crippen LogP contribution in [0.2, 0.25) is 45.3 Å². The quantitative estimate of drug-likeness (QED) is 0.517. The van der Waals surface area contributed by atoms with E-state index in [9.17, 15) is 0 Å². The van der Waals surface area contributed by atoms with Gasteiger partial charge >= 0.3 is 0 Å². The summed E-state index contributed by atoms with van der Waals surface area (Å²) in [5.41, 5.74) is 0. The van der Waals surface area contributed by atoms with Crippen molar-refractivity contribution < 1.29 is 0 Å². The average molecular weight is 316 g/mol. The summed E-state index contributed by atoms with van der Waals surface area (Å²) in [6.45, 7) is 16.9. The molecule has 0 bridgehead atoms. The minimum Gasteiger partial charge on any atom is -0.343 e. The Morgan fingerprint density at radius 2 is 1.38 bits per heavy atom. The van der Waals surface area contributed by atoms with Gasteiger partial charge in [-0.05, 0) is 18.5 Å². The van der Waals surface area contributed by atoms with Crippen LogP contribution in [-0.2, 0) is 0 Å². The van der Waals surface area contributed by atoms with Crippen LogP contribution in [0.1, 0.15) is 13.3 Å². The van der Waals surface area contributed by atoms with Gasteiger partial charge in [0.25, 0.3) is 0 Å². The highest BCUT2D eigenvalue weighted by Crippen LogP contribution is 2.28. The van der Waals surface area contributed by atoms with Crippen LogP contribution in [0, 0.1) is 0 Å². The number of hydrogen-bond acceptors (Lipinski definition) is 1. The number of hydrogen-bond donors (Lipinski definition) is 0. The molecule has 0 aromatic heterocycles. The Morgan fingerprint density at radius 1 is 1.00 bits per heavy atom. The lowest BCUT2D eigenvalue weighted by Gasteiger charge is -2.49. The minimum atomic E-state index is -1.50. The predicted molar refractivity (Wildman–Crippen MR) is 86.3 cm³/mol. The van der Waals surface area contributed by atoms with Crippen LogP contribution >= 0.6 is 22.2 Å². The lowest BCUT2D eigenvalue weighted by Crippen LogP contribution is -2.63. The average Bonchev–Trinajstić information content (AvgIpc) is 1.96. The van der Waals surface area contributed by atoms with Gasteiger partial charge in [-0.15, -0.1) is 0 Å². The topological polar surface area (TPSA) is 3.24 Å². The molecular formula is C10H27Cl2NSi3. The Kier molecular flexibility index (Phi) is 6.86. The summed E-state index contributed by atoms with van der Waals surface area (Å²) >= 11 is 12.2. The second-order valence-corrected chi connectivity index (χ2v) is 21.6. The van der Waals surface area contributed by atoms with E-state index in [0.29, 0.717) is 6.04 Å². The van der Waals surface area contributed by atoms with E-state index in [1.165, 1.54) is 6.42 Å². The van der Waals surface area contributed by atoms with E-state index in [-0.39, 0.29) is 0 Å². The summed E-state index contributed by atoms with van der Waals surface area (Å²) in [5.74, 6) is 0. The predicted octanol–water partition coefficient (Wildman–Crippen LogP) is 4.43. The van der Waals surface area contributed by atoms with Crippen molar-refractivity contribution >= 4 is 46.0 Å². The molecule has 0 aromatic rings. The van der Waals surface area contributed by atoms with Crippen LogP contribution in [0.25, 0.3) is 0 Å². The third kappa shape index (κ3) is 5.69. The highest BCUT2D eigenvalue weighted by atomic mass is 35.7. The Hall–Kier alpha value is 1.19. The summed E-state index contributed by atoms with van der Waals surface area (Å²) in [6, 6.07) is 1.65. The van der Waals surface area contributed by atoms with Crippen molar-refractivity contribution in [3.05, 3.63) is 0 Å². The molecular weight excluding hydrogens is 289 g/mol. The maximum atomic E-state index is 6.10. The molecule has 1 nitrogen and oxygen atoms in total. The molecule has 98 valence electrons. The zero-order valence-electron chi connectivity index (χ0n) is 11.8. The van der Waals surface area contributed by atoms with Crippen molar-refractivity contribution in [2.45, 2.75) is 64.7 Å². The summed E-state index contributed by atoms with van der Waals surface area (Å²) in [7, 11) is -4.04. The van der Waals surface area contributed by atoms with E-state index in [2.05, 4.69) is 50.4 Å². The molecule has 0 aliphatic heterocycles. The zero-order valence-corrected chi connectivity index (χ0v) is 16.4. The second kappa shape index (κ2) is 6.38. The van der Waals surface area contributed by atoms with Crippen molar-refractivity contribution in [2.24, 2.45) is 0 Å². The highest BCUT2D eigenvalue weighted by molar-refractivity contribution is 7.33. The summed E-state index contributed by atoms with van der Waals surface area (Å²) in [6.07, 6.45) is 1.18. The number of nitrogens with zero attached hydrogens (tertiary/aromatic N) is 1. The van der Waals surface area contributed by atoms with Gasteiger partial charge in [0.05, 0.1) is 0 Å². The first kappa shape index (κ1) is 17.2. The molecule has 0 amide bonds. The summed E-state index contributed by atoms with van der Waals surface area (Å²) < 4.78 is 2.84. The van der Waals surface area contributed by atoms with Crippen molar-refractivity contribution in [1.82, 2.24) is 4.23 Å². The molecule has 6 heteroatoms. The van der Waals surface area contributed by atoms with E-state index in [1.54, 1.807) is 0 Å². The lowest BCUT2D eigenvalue weighted by molar-refractivity contribution is 0.458. The molecule has 0 radical (unpaired) electrons. The van der Waals surface area contributed by atoms with Crippen molar-refractivity contribution in [2.75, 3.05) is 0 Å². The molecule has 1 atom stereocenters. The fourth-order valence-electron chi connectivity index (χ4n) is 2.76. The fourth-order valence-corrected chi connectivity index (χ4v) is 16.2. The number of rotatable bonds is 6. The van der Waals surface area contributed by atoms with Gasteiger partial charge in [-0.1, -0.05) is 46.2 Å². The van der Waals surface area contributed by atoms with E-state index < -0.39 is 23.9 Å². The first-order chi connectivity index (χ1) is 7.00. The van der Waals surface area contributed by atoms with Gasteiger partial charge in [0.15, 0.2) is 0 Å². The maximum Gasteiger partial charge on any atom is 0.238 e. The fraction of sp³-hybridized carbons (Fsp3) is 1.00. The second-order valence-electron chi connectivity index (χ2n) is 6.40. The van der Waals surface area contributed by atoms with Crippen LogP contribution < -0.4 is 0 Å². The van der Waals surface area contributed by atoms with E-state index in [1.807, 2.05) is 0 Å². The Bertz CT molecular complexity index is 197. The molecule has 0 N–H and O–H groups in total. The van der Waals surface area contributed by atoms with Crippen molar-refractivity contribution in [3.63, 3.8) is 0 Å². The van der Waals surface area contributed by atoms with Crippen LogP contribution in [0.15, 0.2) is 0 Å². The number of halogens is 2. The van der Waals surface area contributed by atoms with Crippen LogP contribution in [0.5, 0.6) is 0 Å². The molecule has 0 heterocycles. The first-order valence-corrected chi connectivity index (χ1v) is 17.3. The van der Waals surface area contributed by atoms with Gasteiger partial charge in [-0.2, -0.15) is 22.2 Å². The van der Waals surface area contributed by atoms with E-state index in [4.69, 9.17) is 22.2 Å². The zero-order chi connectivity index (χ0) is 13.1. The highest BCUT2D eigenvalue weighted by Gasteiger charge is 2.39. The monoisotopic (exact) mass is 315 g/mol. The molecule has 0 saturated heterocycles. The Labute approximate surface area is 115 Å². The molecule has 0 rings (SSSR count). The van der Waals surface area contributed by atoms with Gasteiger partial charge in [0.1, 0.15) is 16.5 Å². The molecule has 0 aliphatic carbocycles. The normalized spacial score (nSPS) is 15.9. The van der Waals surface area contributed by atoms with Gasteiger partial charge in [0, 0.05) is 0 Å². The molecule has 16 heavy (non-hydrogen) atoms. The molecule has 0 spiro atoms. The van der Waals surface area contributed by atoms with Gasteiger partial charge in [0.2, 0.25) is 7.42 Å². The Morgan fingerprint density at radius 3 is 1.56 bits per heavy atom. The largest absolute Gasteiger partial charge is 0.343 e. The smallest absolute Gasteiger partial charge is 0.238 e. The molecule has 0 aliphatic rings. The lowest BCUT2D eigenvalue weighted by atomic mass is 10.3. The third-order valence-corrected chi connectivity index (χ3v) is 12.3. The SMILES string of the molecule is CCC(C[SiH](Cl)Cl)N([Si](C)(C)C)[Si](C)(C)C. The van der Waals surface area contributed by atoms with Crippen molar-refractivity contribution in [1.29, 1.82) is 0 Å². The maximum absolute atomic E-state index is 6.10. The van der Waals surface area contributed by atoms with Crippen molar-refractivity contribution in [3.8, 4) is 0 Å². The van der Waals surface area contributed by atoms with Crippen LogP contribution in [0.4, 0.5) is 0 Å². The summed E-state index contributed by atoms with van der Waals surface area (Å²) in [4.78, 5) is 0. The third-order valence-electron chi connectivity index (χ3n) is 2.73. The van der Waals surface area contributed by atoms with Gasteiger partial charge < -0.3 is 4.23 Å². The van der Waals surface area contributed by atoms with Crippen LogP contribution in [0.3, 0.4) is 0 Å².